The Morgan fingerprint density at radius 3 is 2.17 bits per heavy atom. The van der Waals surface area contributed by atoms with Crippen LogP contribution in [0.25, 0.3) is 0 Å². The van der Waals surface area contributed by atoms with Crippen LogP contribution in [-0.4, -0.2) is 18.3 Å². The van der Waals surface area contributed by atoms with E-state index in [1.54, 1.807) is 6.07 Å². The van der Waals surface area contributed by atoms with E-state index in [0.29, 0.717) is 5.46 Å². The largest absolute Gasteiger partial charge is 0.496 e. The second-order valence-electron chi connectivity index (χ2n) is 5.46. The minimum atomic E-state index is -0.683. The third-order valence-corrected chi connectivity index (χ3v) is 4.03. The molecule has 3 nitrogen and oxygen atoms in total. The summed E-state index contributed by atoms with van der Waals surface area (Å²) >= 11 is 5.95. The zero-order chi connectivity index (χ0) is 13.7. The summed E-state index contributed by atoms with van der Waals surface area (Å²) in [6, 6.07) is 3.09. The molecule has 1 saturated heterocycles. The summed E-state index contributed by atoms with van der Waals surface area (Å²) in [5.41, 5.74) is 4.95. The van der Waals surface area contributed by atoms with Crippen molar-refractivity contribution in [3.63, 3.8) is 0 Å². The molecule has 0 unspecified atom stereocenters. The maximum Gasteiger partial charge on any atom is 0.496 e. The molecule has 0 radical (unpaired) electrons. The van der Waals surface area contributed by atoms with Crippen LogP contribution in [0.3, 0.4) is 0 Å². The monoisotopic (exact) mass is 271 g/mol. The van der Waals surface area contributed by atoms with E-state index in [1.807, 2.05) is 27.7 Å². The van der Waals surface area contributed by atoms with E-state index in [0.717, 1.165) is 0 Å². The minimum Gasteiger partial charge on any atom is -0.399 e. The Morgan fingerprint density at radius 1 is 1.17 bits per heavy atom. The Balaban J connectivity index is 2.39. The van der Waals surface area contributed by atoms with Gasteiger partial charge in [-0.2, -0.15) is 0 Å². The smallest absolute Gasteiger partial charge is 0.399 e. The number of halogens is 2. The molecule has 1 fully saturated rings. The van der Waals surface area contributed by atoms with E-state index in [4.69, 9.17) is 26.6 Å². The van der Waals surface area contributed by atoms with Crippen molar-refractivity contribution in [1.29, 1.82) is 0 Å². The first-order chi connectivity index (χ1) is 8.16. The third-order valence-electron chi connectivity index (χ3n) is 3.65. The van der Waals surface area contributed by atoms with Crippen LogP contribution in [0.15, 0.2) is 12.1 Å². The zero-order valence-electron chi connectivity index (χ0n) is 10.9. The molecule has 0 aromatic heterocycles. The van der Waals surface area contributed by atoms with Crippen molar-refractivity contribution in [2.24, 2.45) is 0 Å². The Morgan fingerprint density at radius 2 is 1.67 bits per heavy atom. The summed E-state index contributed by atoms with van der Waals surface area (Å²) in [5, 5.41) is -0.0477. The molecule has 2 rings (SSSR count). The SMILES string of the molecule is CC1(C)OB(c2ccc(N)c(F)c2Cl)OC1(C)C. The van der Waals surface area contributed by atoms with E-state index in [2.05, 4.69) is 0 Å². The number of hydrogen-bond acceptors (Lipinski definition) is 3. The highest BCUT2D eigenvalue weighted by Crippen LogP contribution is 2.37. The van der Waals surface area contributed by atoms with Gasteiger partial charge in [-0.3, -0.25) is 0 Å². The number of benzene rings is 1. The fraction of sp³-hybridized carbons (Fsp3) is 0.500. The lowest BCUT2D eigenvalue weighted by Gasteiger charge is -2.32. The number of anilines is 1. The Labute approximate surface area is 112 Å². The molecule has 1 aliphatic heterocycles. The lowest BCUT2D eigenvalue weighted by molar-refractivity contribution is 0.00578. The third kappa shape index (κ3) is 2.00. The van der Waals surface area contributed by atoms with Gasteiger partial charge in [0.05, 0.1) is 21.9 Å². The van der Waals surface area contributed by atoms with Crippen molar-refractivity contribution in [3.8, 4) is 0 Å². The van der Waals surface area contributed by atoms with Crippen LogP contribution in [0.4, 0.5) is 10.1 Å². The van der Waals surface area contributed by atoms with Crippen LogP contribution in [0.2, 0.25) is 5.02 Å². The first-order valence-electron chi connectivity index (χ1n) is 5.75. The molecule has 1 aromatic carbocycles. The number of hydrogen-bond donors (Lipinski definition) is 1. The summed E-state index contributed by atoms with van der Waals surface area (Å²) in [6.07, 6.45) is 0. The van der Waals surface area contributed by atoms with Gasteiger partial charge >= 0.3 is 7.12 Å². The van der Waals surface area contributed by atoms with Gasteiger partial charge in [-0.15, -0.1) is 0 Å². The summed E-state index contributed by atoms with van der Waals surface area (Å²) in [4.78, 5) is 0. The van der Waals surface area contributed by atoms with Crippen LogP contribution in [0.1, 0.15) is 27.7 Å². The van der Waals surface area contributed by atoms with E-state index < -0.39 is 24.1 Å². The van der Waals surface area contributed by atoms with Gasteiger partial charge in [0, 0.05) is 5.46 Å². The van der Waals surface area contributed by atoms with E-state index in [1.165, 1.54) is 6.07 Å². The van der Waals surface area contributed by atoms with Gasteiger partial charge in [-0.1, -0.05) is 17.7 Å². The lowest BCUT2D eigenvalue weighted by atomic mass is 9.79. The quantitative estimate of drug-likeness (QED) is 0.630. The predicted molar refractivity (Wildman–Crippen MR) is 71.5 cm³/mol. The van der Waals surface area contributed by atoms with E-state index >= 15 is 0 Å². The Hall–Kier alpha value is -0.775. The van der Waals surface area contributed by atoms with E-state index in [-0.39, 0.29) is 10.7 Å². The normalized spacial score (nSPS) is 21.3. The molecule has 1 aliphatic rings. The average molecular weight is 272 g/mol. The molecule has 1 aromatic rings. The molecule has 0 bridgehead atoms. The molecule has 0 saturated carbocycles. The van der Waals surface area contributed by atoms with Crippen LogP contribution >= 0.6 is 11.6 Å². The van der Waals surface area contributed by atoms with Crippen molar-refractivity contribution in [3.05, 3.63) is 23.0 Å². The maximum absolute atomic E-state index is 13.7. The van der Waals surface area contributed by atoms with Gasteiger partial charge in [-0.25, -0.2) is 4.39 Å². The number of nitrogen functional groups attached to an aromatic ring is 1. The topological polar surface area (TPSA) is 44.5 Å². The predicted octanol–water partition coefficient (Wildman–Crippen LogP) is 2.36. The summed E-state index contributed by atoms with van der Waals surface area (Å²) < 4.78 is 25.3. The van der Waals surface area contributed by atoms with Gasteiger partial charge in [0.15, 0.2) is 5.82 Å². The van der Waals surface area contributed by atoms with Crippen molar-refractivity contribution in [1.82, 2.24) is 0 Å². The van der Waals surface area contributed by atoms with Gasteiger partial charge in [0.1, 0.15) is 0 Å². The van der Waals surface area contributed by atoms with Crippen molar-refractivity contribution in [2.45, 2.75) is 38.9 Å². The Kier molecular flexibility index (Phi) is 3.12. The molecule has 0 amide bonds. The lowest BCUT2D eigenvalue weighted by Crippen LogP contribution is -2.41. The fourth-order valence-electron chi connectivity index (χ4n) is 1.73. The molecule has 98 valence electrons. The number of nitrogens with two attached hydrogens (primary N) is 1. The summed E-state index contributed by atoms with van der Waals surface area (Å²) in [5.74, 6) is -0.635. The highest BCUT2D eigenvalue weighted by Gasteiger charge is 2.52. The molecule has 0 aliphatic carbocycles. The molecular formula is C12H16BClFNO2. The van der Waals surface area contributed by atoms with Crippen molar-refractivity contribution in [2.75, 3.05) is 5.73 Å². The number of rotatable bonds is 1. The molecule has 0 atom stereocenters. The molecule has 2 N–H and O–H groups in total. The summed E-state index contributed by atoms with van der Waals surface area (Å²) in [7, 11) is -0.683. The second kappa shape index (κ2) is 4.12. The molecule has 0 spiro atoms. The molecule has 1 heterocycles. The van der Waals surface area contributed by atoms with Crippen LogP contribution in [0.5, 0.6) is 0 Å². The first kappa shape index (κ1) is 13.7. The highest BCUT2D eigenvalue weighted by atomic mass is 35.5. The van der Waals surface area contributed by atoms with Gasteiger partial charge in [0.25, 0.3) is 0 Å². The second-order valence-corrected chi connectivity index (χ2v) is 5.84. The van der Waals surface area contributed by atoms with E-state index in [9.17, 15) is 4.39 Å². The van der Waals surface area contributed by atoms with Gasteiger partial charge in [-0.05, 0) is 33.8 Å². The Bertz CT molecular complexity index is 477. The fourth-order valence-corrected chi connectivity index (χ4v) is 1.99. The highest BCUT2D eigenvalue weighted by molar-refractivity contribution is 6.65. The van der Waals surface area contributed by atoms with Crippen LogP contribution in [0, 0.1) is 5.82 Å². The average Bonchev–Trinajstić information content (AvgIpc) is 2.45. The van der Waals surface area contributed by atoms with Crippen molar-refractivity contribution >= 4 is 29.9 Å². The van der Waals surface area contributed by atoms with Crippen LogP contribution in [-0.2, 0) is 9.31 Å². The molecule has 18 heavy (non-hydrogen) atoms. The minimum absolute atomic E-state index is 0.0141. The van der Waals surface area contributed by atoms with Gasteiger partial charge in [0.2, 0.25) is 0 Å². The van der Waals surface area contributed by atoms with Crippen LogP contribution < -0.4 is 11.2 Å². The standard InChI is InChI=1S/C12H16BClFNO2/c1-11(2)12(3,4)18-13(17-11)7-5-6-8(16)10(15)9(7)14/h5-6H,16H2,1-4H3. The molecular weight excluding hydrogens is 255 g/mol. The molecule has 6 heteroatoms. The van der Waals surface area contributed by atoms with Gasteiger partial charge < -0.3 is 15.0 Å². The first-order valence-corrected chi connectivity index (χ1v) is 6.12. The summed E-state index contributed by atoms with van der Waals surface area (Å²) in [6.45, 7) is 7.70. The van der Waals surface area contributed by atoms with Crippen molar-refractivity contribution < 1.29 is 13.7 Å². The maximum atomic E-state index is 13.7. The zero-order valence-corrected chi connectivity index (χ0v) is 11.6.